The van der Waals surface area contributed by atoms with Crippen molar-refractivity contribution in [3.05, 3.63) is 34.1 Å². The van der Waals surface area contributed by atoms with Crippen LogP contribution in [0.4, 0.5) is 15.8 Å². The summed E-state index contributed by atoms with van der Waals surface area (Å²) in [6, 6.07) is 2.75. The van der Waals surface area contributed by atoms with Crippen molar-refractivity contribution < 1.29 is 19.2 Å². The minimum absolute atomic E-state index is 0.142. The number of halogens is 1. The second kappa shape index (κ2) is 6.04. The van der Waals surface area contributed by atoms with Crippen molar-refractivity contribution in [3.63, 3.8) is 0 Å². The number of nitrogens with zero attached hydrogens (tertiary/aromatic N) is 3. The van der Waals surface area contributed by atoms with E-state index in [1.807, 2.05) is 0 Å². The van der Waals surface area contributed by atoms with Gasteiger partial charge in [0.25, 0.3) is 5.69 Å². The average molecular weight is 297 g/mol. The predicted molar refractivity (Wildman–Crippen MR) is 73.9 cm³/mol. The van der Waals surface area contributed by atoms with Crippen molar-refractivity contribution >= 4 is 17.3 Å². The van der Waals surface area contributed by atoms with Crippen molar-refractivity contribution in [2.24, 2.45) is 0 Å². The smallest absolute Gasteiger partial charge is 0.320 e. The highest BCUT2D eigenvalue weighted by Crippen LogP contribution is 2.29. The van der Waals surface area contributed by atoms with Crippen LogP contribution in [0.3, 0.4) is 0 Å². The van der Waals surface area contributed by atoms with E-state index < -0.39 is 22.8 Å². The number of carboxylic acid groups (broad SMARTS) is 1. The fourth-order valence-corrected chi connectivity index (χ4v) is 2.41. The molecule has 7 nitrogen and oxygen atoms in total. The molecule has 0 saturated carbocycles. The zero-order valence-corrected chi connectivity index (χ0v) is 11.5. The molecule has 1 aliphatic rings. The summed E-state index contributed by atoms with van der Waals surface area (Å²) in [6.07, 6.45) is 0. The van der Waals surface area contributed by atoms with Gasteiger partial charge >= 0.3 is 5.97 Å². The van der Waals surface area contributed by atoms with Crippen LogP contribution in [0.1, 0.15) is 6.92 Å². The first-order chi connectivity index (χ1) is 9.90. The molecular formula is C13H16FN3O4. The van der Waals surface area contributed by atoms with Gasteiger partial charge in [0.15, 0.2) is 0 Å². The van der Waals surface area contributed by atoms with E-state index in [1.54, 1.807) is 16.7 Å². The molecule has 1 atom stereocenters. The lowest BCUT2D eigenvalue weighted by atomic mass is 10.2. The Bertz CT molecular complexity index is 558. The quantitative estimate of drug-likeness (QED) is 0.666. The van der Waals surface area contributed by atoms with Gasteiger partial charge in [-0.15, -0.1) is 0 Å². The van der Waals surface area contributed by atoms with Gasteiger partial charge in [-0.25, -0.2) is 4.39 Å². The Hall–Kier alpha value is -2.22. The molecule has 0 amide bonds. The molecule has 1 unspecified atom stereocenters. The molecule has 1 aromatic rings. The van der Waals surface area contributed by atoms with Gasteiger partial charge in [-0.2, -0.15) is 0 Å². The molecule has 1 aliphatic heterocycles. The van der Waals surface area contributed by atoms with Gasteiger partial charge in [-0.05, 0) is 13.0 Å². The summed E-state index contributed by atoms with van der Waals surface area (Å²) in [5, 5.41) is 20.0. The van der Waals surface area contributed by atoms with Gasteiger partial charge in [-0.3, -0.25) is 19.8 Å². The van der Waals surface area contributed by atoms with E-state index in [0.29, 0.717) is 26.2 Å². The van der Waals surface area contributed by atoms with Gasteiger partial charge in [0.1, 0.15) is 17.5 Å². The maximum absolute atomic E-state index is 13.3. The minimum Gasteiger partial charge on any atom is -0.480 e. The number of hydrogen-bond donors (Lipinski definition) is 1. The highest BCUT2D eigenvalue weighted by molar-refractivity contribution is 5.73. The predicted octanol–water partition coefficient (Wildman–Crippen LogP) is 1.33. The third-order valence-electron chi connectivity index (χ3n) is 3.69. The number of hydrogen-bond acceptors (Lipinski definition) is 5. The number of nitro benzene ring substituents is 1. The molecule has 1 N–H and O–H groups in total. The number of carboxylic acids is 1. The van der Waals surface area contributed by atoms with E-state index in [9.17, 15) is 19.3 Å². The summed E-state index contributed by atoms with van der Waals surface area (Å²) in [7, 11) is 0. The summed E-state index contributed by atoms with van der Waals surface area (Å²) < 4.78 is 13.3. The molecule has 21 heavy (non-hydrogen) atoms. The van der Waals surface area contributed by atoms with E-state index in [2.05, 4.69) is 0 Å². The SMILES string of the molecule is CC(C(=O)O)N1CCN(c2cc(F)ccc2[N+](=O)[O-])CC1. The van der Waals surface area contributed by atoms with Gasteiger partial charge in [0, 0.05) is 38.3 Å². The maximum Gasteiger partial charge on any atom is 0.320 e. The van der Waals surface area contributed by atoms with Crippen LogP contribution in [0.5, 0.6) is 0 Å². The number of aliphatic carboxylic acids is 1. The molecule has 0 aliphatic carbocycles. The van der Waals surface area contributed by atoms with E-state index in [0.717, 1.165) is 18.2 Å². The summed E-state index contributed by atoms with van der Waals surface area (Å²) >= 11 is 0. The van der Waals surface area contributed by atoms with Crippen molar-refractivity contribution in [1.82, 2.24) is 4.90 Å². The standard InChI is InChI=1S/C13H16FN3O4/c1-9(13(18)19)15-4-6-16(7-5-15)12-8-10(14)2-3-11(12)17(20)21/h2-3,8-9H,4-7H2,1H3,(H,18,19). The topological polar surface area (TPSA) is 86.9 Å². The van der Waals surface area contributed by atoms with Crippen molar-refractivity contribution in [3.8, 4) is 0 Å². The molecule has 0 radical (unpaired) electrons. The summed E-state index contributed by atoms with van der Waals surface area (Å²) in [5.41, 5.74) is 0.0961. The number of benzene rings is 1. The van der Waals surface area contributed by atoms with E-state index in [4.69, 9.17) is 5.11 Å². The molecule has 1 fully saturated rings. The number of carbonyl (C=O) groups is 1. The lowest BCUT2D eigenvalue weighted by Crippen LogP contribution is -2.51. The van der Waals surface area contributed by atoms with Crippen LogP contribution in [0, 0.1) is 15.9 Å². The van der Waals surface area contributed by atoms with E-state index in [-0.39, 0.29) is 11.4 Å². The van der Waals surface area contributed by atoms with Crippen LogP contribution in [0.15, 0.2) is 18.2 Å². The van der Waals surface area contributed by atoms with Gasteiger partial charge in [0.2, 0.25) is 0 Å². The number of piperazine rings is 1. The summed E-state index contributed by atoms with van der Waals surface area (Å²) in [4.78, 5) is 24.9. The normalized spacial score (nSPS) is 17.5. The van der Waals surface area contributed by atoms with Gasteiger partial charge in [0.05, 0.1) is 4.92 Å². The second-order valence-electron chi connectivity index (χ2n) is 4.93. The van der Waals surface area contributed by atoms with Crippen molar-refractivity contribution in [2.75, 3.05) is 31.1 Å². The Morgan fingerprint density at radius 1 is 1.38 bits per heavy atom. The highest BCUT2D eigenvalue weighted by atomic mass is 19.1. The molecule has 0 spiro atoms. The number of anilines is 1. The van der Waals surface area contributed by atoms with Crippen molar-refractivity contribution in [2.45, 2.75) is 13.0 Å². The maximum atomic E-state index is 13.3. The number of nitro groups is 1. The van der Waals surface area contributed by atoms with E-state index >= 15 is 0 Å². The van der Waals surface area contributed by atoms with Crippen LogP contribution < -0.4 is 4.90 Å². The molecule has 0 aromatic heterocycles. The van der Waals surface area contributed by atoms with E-state index in [1.165, 1.54) is 0 Å². The Kier molecular flexibility index (Phi) is 4.37. The van der Waals surface area contributed by atoms with Crippen LogP contribution >= 0.6 is 0 Å². The van der Waals surface area contributed by atoms with Crippen LogP contribution in [0.25, 0.3) is 0 Å². The Labute approximate surface area is 120 Å². The van der Waals surface area contributed by atoms with Crippen molar-refractivity contribution in [1.29, 1.82) is 0 Å². The Balaban J connectivity index is 2.14. The first-order valence-corrected chi connectivity index (χ1v) is 6.56. The van der Waals surface area contributed by atoms with Gasteiger partial charge < -0.3 is 10.0 Å². The summed E-state index contributed by atoms with van der Waals surface area (Å²) in [6.45, 7) is 3.36. The zero-order chi connectivity index (χ0) is 15.6. The van der Waals surface area contributed by atoms with Crippen LogP contribution in [-0.2, 0) is 4.79 Å². The Morgan fingerprint density at radius 2 is 2.00 bits per heavy atom. The molecule has 114 valence electrons. The second-order valence-corrected chi connectivity index (χ2v) is 4.93. The lowest BCUT2D eigenvalue weighted by molar-refractivity contribution is -0.384. The third-order valence-corrected chi connectivity index (χ3v) is 3.69. The molecule has 1 aromatic carbocycles. The first-order valence-electron chi connectivity index (χ1n) is 6.56. The Morgan fingerprint density at radius 3 is 2.52 bits per heavy atom. The fourth-order valence-electron chi connectivity index (χ4n) is 2.41. The molecule has 2 rings (SSSR count). The fraction of sp³-hybridized carbons (Fsp3) is 0.462. The molecule has 8 heteroatoms. The average Bonchev–Trinajstić information content (AvgIpc) is 2.46. The molecule has 1 saturated heterocycles. The van der Waals surface area contributed by atoms with Crippen LogP contribution in [0.2, 0.25) is 0 Å². The first kappa shape index (κ1) is 15.2. The summed E-state index contributed by atoms with van der Waals surface area (Å²) in [5.74, 6) is -1.43. The third kappa shape index (κ3) is 3.27. The number of rotatable bonds is 4. The lowest BCUT2D eigenvalue weighted by Gasteiger charge is -2.37. The monoisotopic (exact) mass is 297 g/mol. The van der Waals surface area contributed by atoms with Gasteiger partial charge in [-0.1, -0.05) is 0 Å². The minimum atomic E-state index is -0.903. The highest BCUT2D eigenvalue weighted by Gasteiger charge is 2.28. The molecule has 1 heterocycles. The zero-order valence-electron chi connectivity index (χ0n) is 11.5. The van der Waals surface area contributed by atoms with Crippen LogP contribution in [-0.4, -0.2) is 53.1 Å². The largest absolute Gasteiger partial charge is 0.480 e. The molecular weight excluding hydrogens is 281 g/mol. The molecule has 0 bridgehead atoms.